The number of carboxylic acid groups (broad SMARTS) is 1. The van der Waals surface area contributed by atoms with Gasteiger partial charge in [-0.25, -0.2) is 8.78 Å². The molecule has 0 aliphatic rings. The van der Waals surface area contributed by atoms with E-state index < -0.39 is 29.6 Å². The quantitative estimate of drug-likeness (QED) is 0.497. The summed E-state index contributed by atoms with van der Waals surface area (Å²) < 4.78 is 39.9. The Bertz CT molecular complexity index is 1040. The fraction of sp³-hybridized carbons (Fsp3) is 0.304. The van der Waals surface area contributed by atoms with E-state index in [-0.39, 0.29) is 28.7 Å². The Morgan fingerprint density at radius 1 is 1.03 bits per heavy atom. The first-order valence-corrected chi connectivity index (χ1v) is 9.80. The maximum absolute atomic E-state index is 14.8. The van der Waals surface area contributed by atoms with Gasteiger partial charge in [-0.3, -0.25) is 9.59 Å². The van der Waals surface area contributed by atoms with Crippen molar-refractivity contribution in [2.24, 2.45) is 0 Å². The minimum atomic E-state index is -1.30. The van der Waals surface area contributed by atoms with E-state index in [1.54, 1.807) is 12.1 Å². The molecule has 0 fully saturated rings. The average molecular weight is 448 g/mol. The number of hydrogen-bond donors (Lipinski definition) is 3. The van der Waals surface area contributed by atoms with Gasteiger partial charge in [-0.2, -0.15) is 0 Å². The second-order valence-corrected chi connectivity index (χ2v) is 7.31. The number of aliphatic carboxylic acids is 1. The zero-order chi connectivity index (χ0) is 24.0. The zero-order valence-electron chi connectivity index (χ0n) is 18.5. The molecule has 172 valence electrons. The van der Waals surface area contributed by atoms with Crippen LogP contribution in [0.5, 0.6) is 11.5 Å². The van der Waals surface area contributed by atoms with Crippen molar-refractivity contribution in [3.8, 4) is 22.6 Å². The Labute approximate surface area is 185 Å². The van der Waals surface area contributed by atoms with E-state index >= 15 is 0 Å². The molecule has 0 unspecified atom stereocenters. The van der Waals surface area contributed by atoms with Crippen molar-refractivity contribution in [3.63, 3.8) is 0 Å². The van der Waals surface area contributed by atoms with Gasteiger partial charge in [0.2, 0.25) is 0 Å². The van der Waals surface area contributed by atoms with Gasteiger partial charge < -0.3 is 25.2 Å². The summed E-state index contributed by atoms with van der Waals surface area (Å²) in [6, 6.07) is 6.43. The summed E-state index contributed by atoms with van der Waals surface area (Å²) in [7, 11) is 2.72. The van der Waals surface area contributed by atoms with E-state index in [1.807, 2.05) is 19.2 Å². The predicted octanol–water partition coefficient (Wildman–Crippen LogP) is 4.23. The molecule has 0 saturated heterocycles. The van der Waals surface area contributed by atoms with E-state index in [9.17, 15) is 18.4 Å². The van der Waals surface area contributed by atoms with E-state index in [4.69, 9.17) is 14.6 Å². The number of rotatable bonds is 9. The second-order valence-electron chi connectivity index (χ2n) is 7.31. The third-order valence-corrected chi connectivity index (χ3v) is 4.48. The molecule has 3 N–H and O–H groups in total. The molecule has 0 bridgehead atoms. The molecule has 0 aliphatic carbocycles. The van der Waals surface area contributed by atoms with Crippen LogP contribution in [0.1, 0.15) is 26.3 Å². The van der Waals surface area contributed by atoms with Crippen molar-refractivity contribution in [1.82, 2.24) is 5.32 Å². The number of halogens is 2. The van der Waals surface area contributed by atoms with E-state index in [0.717, 1.165) is 6.08 Å². The molecule has 1 amide bonds. The Morgan fingerprint density at radius 2 is 1.69 bits per heavy atom. The molecular weight excluding hydrogens is 422 g/mol. The number of anilines is 1. The summed E-state index contributed by atoms with van der Waals surface area (Å²) in [6.07, 6.45) is 0.890. The Balaban J connectivity index is 2.47. The van der Waals surface area contributed by atoms with Gasteiger partial charge in [0.15, 0.2) is 5.83 Å². The minimum absolute atomic E-state index is 0.131. The zero-order valence-corrected chi connectivity index (χ0v) is 18.5. The van der Waals surface area contributed by atoms with Gasteiger partial charge in [0, 0.05) is 28.4 Å². The van der Waals surface area contributed by atoms with Gasteiger partial charge in [0.1, 0.15) is 23.4 Å². The van der Waals surface area contributed by atoms with Crippen molar-refractivity contribution < 1.29 is 33.0 Å². The van der Waals surface area contributed by atoms with Gasteiger partial charge >= 0.3 is 5.97 Å². The maximum atomic E-state index is 14.8. The molecule has 2 aromatic rings. The molecule has 0 aromatic heterocycles. The molecule has 2 aromatic carbocycles. The molecule has 9 heteroatoms. The van der Waals surface area contributed by atoms with Gasteiger partial charge in [-0.15, -0.1) is 0 Å². The number of ether oxygens (including phenoxy) is 2. The van der Waals surface area contributed by atoms with Crippen LogP contribution in [0.3, 0.4) is 0 Å². The first-order chi connectivity index (χ1) is 15.1. The molecule has 0 spiro atoms. The van der Waals surface area contributed by atoms with Crippen LogP contribution in [-0.4, -0.2) is 43.3 Å². The number of carboxylic acids is 1. The van der Waals surface area contributed by atoms with E-state index in [0.29, 0.717) is 11.3 Å². The highest BCUT2D eigenvalue weighted by Gasteiger charge is 2.20. The normalized spacial score (nSPS) is 12.3. The summed E-state index contributed by atoms with van der Waals surface area (Å²) in [5, 5.41) is 14.0. The fourth-order valence-electron chi connectivity index (χ4n) is 2.93. The third kappa shape index (κ3) is 5.96. The van der Waals surface area contributed by atoms with Crippen LogP contribution in [0.2, 0.25) is 0 Å². The summed E-state index contributed by atoms with van der Waals surface area (Å²) in [6.45, 7) is 5.09. The van der Waals surface area contributed by atoms with Crippen molar-refractivity contribution in [1.29, 1.82) is 0 Å². The highest BCUT2D eigenvalue weighted by atomic mass is 19.1. The summed E-state index contributed by atoms with van der Waals surface area (Å²) in [4.78, 5) is 22.8. The Hall–Kier alpha value is -3.62. The number of carbonyl (C=O) groups is 2. The lowest BCUT2D eigenvalue weighted by molar-refractivity contribution is -0.140. The van der Waals surface area contributed by atoms with Crippen LogP contribution in [0, 0.1) is 5.82 Å². The molecule has 1 atom stereocenters. The van der Waals surface area contributed by atoms with Gasteiger partial charge in [0.25, 0.3) is 5.91 Å². The molecule has 0 radical (unpaired) electrons. The molecule has 0 aliphatic heterocycles. The lowest BCUT2D eigenvalue weighted by atomic mass is 10.00. The molecule has 32 heavy (non-hydrogen) atoms. The predicted molar refractivity (Wildman–Crippen MR) is 118 cm³/mol. The highest BCUT2D eigenvalue weighted by Crippen LogP contribution is 2.39. The van der Waals surface area contributed by atoms with Crippen molar-refractivity contribution in [2.75, 3.05) is 19.5 Å². The van der Waals surface area contributed by atoms with Crippen LogP contribution in [0.4, 0.5) is 14.5 Å². The van der Waals surface area contributed by atoms with Crippen LogP contribution in [0.25, 0.3) is 17.2 Å². The molecule has 0 heterocycles. The lowest BCUT2D eigenvalue weighted by Crippen LogP contribution is -2.38. The third-order valence-electron chi connectivity index (χ3n) is 4.48. The minimum Gasteiger partial charge on any atom is -0.496 e. The fourth-order valence-corrected chi connectivity index (χ4v) is 2.93. The van der Waals surface area contributed by atoms with Gasteiger partial charge in [0.05, 0.1) is 14.2 Å². The lowest BCUT2D eigenvalue weighted by Gasteiger charge is -2.16. The van der Waals surface area contributed by atoms with Gasteiger partial charge in [-0.05, 0) is 57.2 Å². The van der Waals surface area contributed by atoms with Crippen molar-refractivity contribution in [2.45, 2.75) is 32.9 Å². The van der Waals surface area contributed by atoms with Crippen LogP contribution in [-0.2, 0) is 9.59 Å². The van der Waals surface area contributed by atoms with Gasteiger partial charge in [-0.1, -0.05) is 0 Å². The van der Waals surface area contributed by atoms with Crippen molar-refractivity contribution >= 4 is 23.6 Å². The number of amides is 1. The van der Waals surface area contributed by atoms with Crippen molar-refractivity contribution in [3.05, 3.63) is 47.5 Å². The van der Waals surface area contributed by atoms with Crippen LogP contribution >= 0.6 is 0 Å². The Morgan fingerprint density at radius 3 is 2.22 bits per heavy atom. The maximum Gasteiger partial charge on any atom is 0.325 e. The van der Waals surface area contributed by atoms with Crippen LogP contribution in [0.15, 0.2) is 36.2 Å². The summed E-state index contributed by atoms with van der Waals surface area (Å²) in [5.74, 6) is -3.81. The Kier molecular flexibility index (Phi) is 8.17. The highest BCUT2D eigenvalue weighted by molar-refractivity contribution is 5.98. The number of methoxy groups -OCH3 is 2. The second kappa shape index (κ2) is 10.6. The number of benzene rings is 2. The number of carbonyl (C=O) groups excluding carboxylic acids is 1. The standard InChI is InChI=1S/C23H26F2N2O5/c1-12(2)26-15-6-7-16(18(24)10-15)17-11-20(31-4)14(9-21(17)32-5)8-19(25)22(28)27-13(3)23(29)30/h6-13,26H,1-5H3,(H,27,28)(H,29,30)/t13-/m1/s1. The average Bonchev–Trinajstić information content (AvgIpc) is 2.73. The van der Waals surface area contributed by atoms with E-state index in [2.05, 4.69) is 5.32 Å². The number of hydrogen-bond acceptors (Lipinski definition) is 5. The molecule has 2 rings (SSSR count). The van der Waals surface area contributed by atoms with E-state index in [1.165, 1.54) is 39.3 Å². The molecule has 7 nitrogen and oxygen atoms in total. The first-order valence-electron chi connectivity index (χ1n) is 9.80. The SMILES string of the molecule is COc1cc(-c2ccc(NC(C)C)cc2F)c(OC)cc1C=C(F)C(=O)N[C@H](C)C(=O)O. The monoisotopic (exact) mass is 448 g/mol. The summed E-state index contributed by atoms with van der Waals surface area (Å²) >= 11 is 0. The van der Waals surface area contributed by atoms with Crippen LogP contribution < -0.4 is 20.1 Å². The topological polar surface area (TPSA) is 96.9 Å². The molecular formula is C23H26F2N2O5. The molecule has 0 saturated carbocycles. The largest absolute Gasteiger partial charge is 0.496 e. The summed E-state index contributed by atoms with van der Waals surface area (Å²) in [5.41, 5.74) is 1.40. The first kappa shape index (κ1) is 24.6. The smallest absolute Gasteiger partial charge is 0.325 e. The number of nitrogens with one attached hydrogen (secondary N) is 2.